The van der Waals surface area contributed by atoms with E-state index < -0.39 is 5.76 Å². The van der Waals surface area contributed by atoms with Gasteiger partial charge in [0.05, 0.1) is 5.52 Å². The second kappa shape index (κ2) is 4.90. The maximum absolute atomic E-state index is 12.1. The molecule has 1 heterocycles. The number of aromatic nitrogens is 1. The summed E-state index contributed by atoms with van der Waals surface area (Å²) >= 11 is 4.21. The summed E-state index contributed by atoms with van der Waals surface area (Å²) in [5.74, 6) is -0.812. The Bertz CT molecular complexity index is 851. The van der Waals surface area contributed by atoms with Crippen molar-refractivity contribution in [2.24, 2.45) is 0 Å². The monoisotopic (exact) mass is 286 g/mol. The third-order valence-corrected chi connectivity index (χ3v) is 3.06. The van der Waals surface area contributed by atoms with Crippen molar-refractivity contribution >= 4 is 35.3 Å². The number of hydrogen-bond donors (Lipinski definition) is 3. The second-order valence-corrected chi connectivity index (χ2v) is 4.75. The van der Waals surface area contributed by atoms with Gasteiger partial charge in [0, 0.05) is 16.1 Å². The maximum atomic E-state index is 12.1. The predicted octanol–water partition coefficient (Wildman–Crippen LogP) is 2.66. The highest BCUT2D eigenvalue weighted by atomic mass is 32.1. The molecule has 0 atom stereocenters. The molecule has 6 heteroatoms. The number of hydrogen-bond acceptors (Lipinski definition) is 4. The number of carbonyl (C=O) groups is 1. The molecular formula is C14H10N2O3S. The van der Waals surface area contributed by atoms with Crippen LogP contribution in [0.5, 0.6) is 0 Å². The van der Waals surface area contributed by atoms with Crippen LogP contribution < -0.4 is 11.1 Å². The summed E-state index contributed by atoms with van der Waals surface area (Å²) in [5, 5.41) is 2.76. The average molecular weight is 286 g/mol. The van der Waals surface area contributed by atoms with E-state index in [4.69, 9.17) is 4.42 Å². The highest BCUT2D eigenvalue weighted by molar-refractivity contribution is 7.80. The molecule has 2 N–H and O–H groups in total. The van der Waals surface area contributed by atoms with E-state index in [2.05, 4.69) is 22.9 Å². The number of anilines is 1. The van der Waals surface area contributed by atoms with Crippen LogP contribution >= 0.6 is 12.6 Å². The highest BCUT2D eigenvalue weighted by Gasteiger charge is 2.09. The van der Waals surface area contributed by atoms with Crippen LogP contribution in [0.4, 0.5) is 5.69 Å². The van der Waals surface area contributed by atoms with Crippen molar-refractivity contribution in [3.63, 3.8) is 0 Å². The van der Waals surface area contributed by atoms with Crippen molar-refractivity contribution in [1.82, 2.24) is 4.98 Å². The van der Waals surface area contributed by atoms with Gasteiger partial charge in [-0.05, 0) is 36.4 Å². The van der Waals surface area contributed by atoms with E-state index in [9.17, 15) is 9.59 Å². The van der Waals surface area contributed by atoms with Crippen LogP contribution in [0.3, 0.4) is 0 Å². The lowest BCUT2D eigenvalue weighted by atomic mass is 10.2. The topological polar surface area (TPSA) is 75.1 Å². The van der Waals surface area contributed by atoms with E-state index in [0.717, 1.165) is 4.90 Å². The molecule has 0 radical (unpaired) electrons. The van der Waals surface area contributed by atoms with Crippen molar-refractivity contribution in [2.75, 3.05) is 5.32 Å². The van der Waals surface area contributed by atoms with Crippen molar-refractivity contribution < 1.29 is 9.21 Å². The van der Waals surface area contributed by atoms with Crippen LogP contribution in [0.2, 0.25) is 0 Å². The van der Waals surface area contributed by atoms with E-state index >= 15 is 0 Å². The van der Waals surface area contributed by atoms with Gasteiger partial charge in [-0.2, -0.15) is 0 Å². The molecule has 100 valence electrons. The molecule has 3 rings (SSSR count). The number of nitrogens with one attached hydrogen (secondary N) is 2. The molecule has 5 nitrogen and oxygen atoms in total. The molecule has 2 aromatic carbocycles. The summed E-state index contributed by atoms with van der Waals surface area (Å²) in [7, 11) is 0. The molecule has 0 aliphatic heterocycles. The number of oxazole rings is 1. The molecule has 3 aromatic rings. The molecule has 0 spiro atoms. The van der Waals surface area contributed by atoms with E-state index in [-0.39, 0.29) is 5.91 Å². The first kappa shape index (κ1) is 12.6. The highest BCUT2D eigenvalue weighted by Crippen LogP contribution is 2.16. The van der Waals surface area contributed by atoms with Crippen LogP contribution in [0, 0.1) is 0 Å². The van der Waals surface area contributed by atoms with Gasteiger partial charge in [-0.15, -0.1) is 12.6 Å². The lowest BCUT2D eigenvalue weighted by Gasteiger charge is -2.05. The lowest BCUT2D eigenvalue weighted by molar-refractivity contribution is 0.102. The molecule has 0 aliphatic carbocycles. The first-order valence-electron chi connectivity index (χ1n) is 5.85. The van der Waals surface area contributed by atoms with Crippen LogP contribution in [0.25, 0.3) is 11.1 Å². The predicted molar refractivity (Wildman–Crippen MR) is 78.5 cm³/mol. The van der Waals surface area contributed by atoms with Gasteiger partial charge in [0.25, 0.3) is 5.91 Å². The van der Waals surface area contributed by atoms with Crippen LogP contribution in [-0.4, -0.2) is 10.9 Å². The quantitative estimate of drug-likeness (QED) is 0.634. The van der Waals surface area contributed by atoms with Crippen LogP contribution in [-0.2, 0) is 0 Å². The number of benzene rings is 2. The Kier molecular flexibility index (Phi) is 3.08. The number of aromatic amines is 1. The van der Waals surface area contributed by atoms with Crippen LogP contribution in [0.1, 0.15) is 10.4 Å². The molecular weight excluding hydrogens is 276 g/mol. The molecule has 1 amide bonds. The van der Waals surface area contributed by atoms with Crippen LogP contribution in [0.15, 0.2) is 56.6 Å². The first-order chi connectivity index (χ1) is 9.61. The Morgan fingerprint density at radius 3 is 2.85 bits per heavy atom. The number of H-pyrrole nitrogens is 1. The minimum absolute atomic E-state index is 0.270. The molecule has 0 saturated heterocycles. The fourth-order valence-corrected chi connectivity index (χ4v) is 2.11. The van der Waals surface area contributed by atoms with Gasteiger partial charge < -0.3 is 9.73 Å². The maximum Gasteiger partial charge on any atom is 0.417 e. The van der Waals surface area contributed by atoms with Gasteiger partial charge in [0.2, 0.25) is 0 Å². The number of carbonyl (C=O) groups excluding carboxylic acids is 1. The second-order valence-electron chi connectivity index (χ2n) is 4.23. The van der Waals surface area contributed by atoms with Crippen molar-refractivity contribution in [1.29, 1.82) is 0 Å². The molecule has 1 aromatic heterocycles. The molecule has 0 aliphatic rings. The van der Waals surface area contributed by atoms with Crippen molar-refractivity contribution in [3.05, 3.63) is 58.6 Å². The Balaban J connectivity index is 1.90. The zero-order valence-electron chi connectivity index (χ0n) is 10.2. The zero-order valence-corrected chi connectivity index (χ0v) is 11.1. The number of thiol groups is 1. The number of fused-ring (bicyclic) bond motifs is 1. The standard InChI is InChI=1S/C14H10N2O3S/c17-13(15-9-2-1-3-10(20)7-9)8-4-5-12-11(6-8)16-14(18)19-12/h1-7,20H,(H,15,17)(H,16,18). The summed E-state index contributed by atoms with van der Waals surface area (Å²) in [4.78, 5) is 26.5. The van der Waals surface area contributed by atoms with Gasteiger partial charge in [-0.25, -0.2) is 4.79 Å². The van der Waals surface area contributed by atoms with Gasteiger partial charge in [-0.1, -0.05) is 6.07 Å². The fourth-order valence-electron chi connectivity index (χ4n) is 1.88. The third kappa shape index (κ3) is 2.46. The molecule has 0 saturated carbocycles. The molecule has 20 heavy (non-hydrogen) atoms. The summed E-state index contributed by atoms with van der Waals surface area (Å²) in [6, 6.07) is 11.9. The summed E-state index contributed by atoms with van der Waals surface area (Å²) < 4.78 is 4.88. The Morgan fingerprint density at radius 1 is 1.20 bits per heavy atom. The molecule has 0 unspecified atom stereocenters. The zero-order chi connectivity index (χ0) is 14.1. The summed E-state index contributed by atoms with van der Waals surface area (Å²) in [6.45, 7) is 0. The van der Waals surface area contributed by atoms with E-state index in [1.807, 2.05) is 6.07 Å². The number of amides is 1. The Morgan fingerprint density at radius 2 is 2.05 bits per heavy atom. The smallest absolute Gasteiger partial charge is 0.408 e. The SMILES string of the molecule is O=C(Nc1cccc(S)c1)c1ccc2oc(=O)[nH]c2c1. The molecule has 0 fully saturated rings. The lowest BCUT2D eigenvalue weighted by Crippen LogP contribution is -2.11. The summed E-state index contributed by atoms with van der Waals surface area (Å²) in [5.41, 5.74) is 2.00. The van der Waals surface area contributed by atoms with Crippen molar-refractivity contribution in [3.8, 4) is 0 Å². The first-order valence-corrected chi connectivity index (χ1v) is 6.30. The number of rotatable bonds is 2. The van der Waals surface area contributed by atoms with Crippen molar-refractivity contribution in [2.45, 2.75) is 4.90 Å². The minimum atomic E-state index is -0.541. The van der Waals surface area contributed by atoms with E-state index in [1.54, 1.807) is 36.4 Å². The Hall–Kier alpha value is -2.47. The van der Waals surface area contributed by atoms with E-state index in [0.29, 0.717) is 22.4 Å². The third-order valence-electron chi connectivity index (χ3n) is 2.79. The van der Waals surface area contributed by atoms with Gasteiger partial charge >= 0.3 is 5.76 Å². The van der Waals surface area contributed by atoms with Gasteiger partial charge in [-0.3, -0.25) is 9.78 Å². The normalized spacial score (nSPS) is 10.7. The fraction of sp³-hybridized carbons (Fsp3) is 0. The van der Waals surface area contributed by atoms with Gasteiger partial charge in [0.15, 0.2) is 5.58 Å². The average Bonchev–Trinajstić information content (AvgIpc) is 2.77. The largest absolute Gasteiger partial charge is 0.417 e. The van der Waals surface area contributed by atoms with E-state index in [1.165, 1.54) is 0 Å². The molecule has 0 bridgehead atoms. The van der Waals surface area contributed by atoms with Gasteiger partial charge in [0.1, 0.15) is 0 Å². The Labute approximate surface area is 119 Å². The summed E-state index contributed by atoms with van der Waals surface area (Å²) in [6.07, 6.45) is 0. The minimum Gasteiger partial charge on any atom is -0.408 e.